The highest BCUT2D eigenvalue weighted by Gasteiger charge is 2.41. The molecule has 4 rings (SSSR count). The zero-order chi connectivity index (χ0) is 15.1. The van der Waals surface area contributed by atoms with E-state index < -0.39 is 0 Å². The van der Waals surface area contributed by atoms with Gasteiger partial charge in [-0.1, -0.05) is 6.92 Å². The summed E-state index contributed by atoms with van der Waals surface area (Å²) in [4.78, 5) is 23.2. The number of amides is 1. The molecule has 5 heteroatoms. The third-order valence-electron chi connectivity index (χ3n) is 4.83. The molecule has 1 aliphatic carbocycles. The van der Waals surface area contributed by atoms with Gasteiger partial charge in [-0.3, -0.25) is 9.78 Å². The van der Waals surface area contributed by atoms with Crippen molar-refractivity contribution in [1.82, 2.24) is 19.4 Å². The second-order valence-electron chi connectivity index (χ2n) is 6.35. The van der Waals surface area contributed by atoms with Crippen LogP contribution in [-0.4, -0.2) is 38.4 Å². The van der Waals surface area contributed by atoms with Gasteiger partial charge in [0.05, 0.1) is 11.9 Å². The van der Waals surface area contributed by atoms with Crippen LogP contribution in [0.5, 0.6) is 0 Å². The molecule has 0 radical (unpaired) electrons. The molecule has 1 aliphatic heterocycles. The zero-order valence-electron chi connectivity index (χ0n) is 12.8. The summed E-state index contributed by atoms with van der Waals surface area (Å²) in [6.45, 7) is 4.53. The Kier molecular flexibility index (Phi) is 3.21. The monoisotopic (exact) mass is 296 g/mol. The maximum absolute atomic E-state index is 12.4. The number of fused-ring (bicyclic) bond motifs is 1. The van der Waals surface area contributed by atoms with Gasteiger partial charge in [-0.15, -0.1) is 0 Å². The van der Waals surface area contributed by atoms with Crippen molar-refractivity contribution in [1.29, 1.82) is 0 Å². The Labute approximate surface area is 130 Å². The van der Waals surface area contributed by atoms with E-state index >= 15 is 0 Å². The molecule has 0 unspecified atom stereocenters. The van der Waals surface area contributed by atoms with Crippen LogP contribution in [-0.2, 0) is 17.8 Å². The Morgan fingerprint density at radius 1 is 1.27 bits per heavy atom. The molecule has 1 saturated carbocycles. The second-order valence-corrected chi connectivity index (χ2v) is 6.35. The minimum atomic E-state index is 0.267. The van der Waals surface area contributed by atoms with Crippen molar-refractivity contribution in [3.05, 3.63) is 36.5 Å². The van der Waals surface area contributed by atoms with E-state index in [1.165, 1.54) is 0 Å². The fourth-order valence-corrected chi connectivity index (χ4v) is 3.30. The first-order chi connectivity index (χ1) is 10.7. The number of carbonyl (C=O) groups is 1. The van der Waals surface area contributed by atoms with E-state index in [1.54, 1.807) is 6.20 Å². The summed E-state index contributed by atoms with van der Waals surface area (Å²) in [5.74, 6) is 2.24. The van der Waals surface area contributed by atoms with Crippen LogP contribution in [0.15, 0.2) is 30.7 Å². The van der Waals surface area contributed by atoms with Gasteiger partial charge in [0.2, 0.25) is 5.91 Å². The lowest BCUT2D eigenvalue weighted by molar-refractivity contribution is -0.132. The van der Waals surface area contributed by atoms with Crippen molar-refractivity contribution in [3.8, 4) is 11.3 Å². The van der Waals surface area contributed by atoms with E-state index in [1.807, 2.05) is 23.4 Å². The van der Waals surface area contributed by atoms with Crippen molar-refractivity contribution in [3.63, 3.8) is 0 Å². The molecule has 2 aliphatic rings. The largest absolute Gasteiger partial charge is 0.340 e. The molecule has 114 valence electrons. The molecule has 0 saturated heterocycles. The first-order valence-corrected chi connectivity index (χ1v) is 7.97. The molecule has 2 aromatic rings. The van der Waals surface area contributed by atoms with Crippen LogP contribution in [0, 0.1) is 11.8 Å². The van der Waals surface area contributed by atoms with E-state index in [9.17, 15) is 4.79 Å². The number of hydrogen-bond acceptors (Lipinski definition) is 3. The lowest BCUT2D eigenvalue weighted by Gasteiger charge is -2.20. The number of carbonyl (C=O) groups excluding carboxylic acids is 1. The molecule has 0 aromatic carbocycles. The lowest BCUT2D eigenvalue weighted by atomic mass is 10.2. The Balaban J connectivity index is 1.55. The summed E-state index contributed by atoms with van der Waals surface area (Å²) in [5.41, 5.74) is 2.18. The van der Waals surface area contributed by atoms with Crippen LogP contribution in [0.25, 0.3) is 11.3 Å². The predicted octanol–water partition coefficient (Wildman–Crippen LogP) is 1.99. The van der Waals surface area contributed by atoms with Crippen molar-refractivity contribution in [2.45, 2.75) is 26.3 Å². The Morgan fingerprint density at radius 3 is 2.86 bits per heavy atom. The summed E-state index contributed by atoms with van der Waals surface area (Å²) in [6, 6.07) is 3.99. The molecule has 2 aromatic heterocycles. The van der Waals surface area contributed by atoms with Crippen LogP contribution in [0.3, 0.4) is 0 Å². The van der Waals surface area contributed by atoms with Crippen molar-refractivity contribution in [2.75, 3.05) is 13.1 Å². The molecule has 1 fully saturated rings. The minimum absolute atomic E-state index is 0.267. The van der Waals surface area contributed by atoms with Gasteiger partial charge >= 0.3 is 0 Å². The average molecular weight is 296 g/mol. The average Bonchev–Trinajstić information content (AvgIpc) is 3.21. The predicted molar refractivity (Wildman–Crippen MR) is 83.0 cm³/mol. The van der Waals surface area contributed by atoms with Gasteiger partial charge in [0.25, 0.3) is 0 Å². The Hall–Kier alpha value is -2.17. The van der Waals surface area contributed by atoms with Gasteiger partial charge in [-0.05, 0) is 24.5 Å². The third kappa shape index (κ3) is 2.30. The molecule has 5 nitrogen and oxygen atoms in total. The molecule has 22 heavy (non-hydrogen) atoms. The maximum atomic E-state index is 12.4. The lowest BCUT2D eigenvalue weighted by Crippen LogP contribution is -2.35. The number of imidazole rings is 1. The van der Waals surface area contributed by atoms with Gasteiger partial charge in [0.15, 0.2) is 0 Å². The summed E-state index contributed by atoms with van der Waals surface area (Å²) >= 11 is 0. The van der Waals surface area contributed by atoms with Gasteiger partial charge in [0.1, 0.15) is 5.82 Å². The van der Waals surface area contributed by atoms with Crippen LogP contribution < -0.4 is 0 Å². The standard InChI is InChI=1S/C17H20N4O/c1-12-9-14(12)17(22)20-6-4-16-19-11-15(21(16)8-7-20)13-3-2-5-18-10-13/h2-3,5,10-12,14H,4,6-9H2,1H3/t12-,14+/m1/s1. The highest BCUT2D eigenvalue weighted by Crippen LogP contribution is 2.39. The number of nitrogens with zero attached hydrogens (tertiary/aromatic N) is 4. The van der Waals surface area contributed by atoms with Gasteiger partial charge in [-0.2, -0.15) is 0 Å². The highest BCUT2D eigenvalue weighted by molar-refractivity contribution is 5.81. The second kappa shape index (κ2) is 5.23. The Bertz CT molecular complexity index is 694. The summed E-state index contributed by atoms with van der Waals surface area (Å²) in [7, 11) is 0. The number of pyridine rings is 1. The van der Waals surface area contributed by atoms with Crippen LogP contribution in [0.4, 0.5) is 0 Å². The van der Waals surface area contributed by atoms with Crippen LogP contribution >= 0.6 is 0 Å². The summed E-state index contributed by atoms with van der Waals surface area (Å²) in [6.07, 6.45) is 7.45. The van der Waals surface area contributed by atoms with Crippen LogP contribution in [0.2, 0.25) is 0 Å². The van der Waals surface area contributed by atoms with Crippen LogP contribution in [0.1, 0.15) is 19.2 Å². The van der Waals surface area contributed by atoms with E-state index in [0.29, 0.717) is 11.8 Å². The van der Waals surface area contributed by atoms with Gasteiger partial charge in [0, 0.05) is 49.9 Å². The van der Waals surface area contributed by atoms with E-state index in [0.717, 1.165) is 49.6 Å². The minimum Gasteiger partial charge on any atom is -0.340 e. The molecular weight excluding hydrogens is 276 g/mol. The fourth-order valence-electron chi connectivity index (χ4n) is 3.30. The first kappa shape index (κ1) is 13.5. The van der Waals surface area contributed by atoms with E-state index in [4.69, 9.17) is 0 Å². The molecule has 0 bridgehead atoms. The first-order valence-electron chi connectivity index (χ1n) is 7.97. The smallest absolute Gasteiger partial charge is 0.226 e. The van der Waals surface area contributed by atoms with Gasteiger partial charge in [-0.25, -0.2) is 4.98 Å². The highest BCUT2D eigenvalue weighted by atomic mass is 16.2. The van der Waals surface area contributed by atoms with E-state index in [2.05, 4.69) is 27.5 Å². The fraction of sp³-hybridized carbons (Fsp3) is 0.471. The maximum Gasteiger partial charge on any atom is 0.226 e. The van der Waals surface area contributed by atoms with Crippen molar-refractivity contribution < 1.29 is 4.79 Å². The molecule has 3 heterocycles. The molecule has 2 atom stereocenters. The SMILES string of the molecule is C[C@@H]1C[C@@H]1C(=O)N1CCc2ncc(-c3cccnc3)n2CC1. The number of rotatable bonds is 2. The molecular formula is C17H20N4O. The summed E-state index contributed by atoms with van der Waals surface area (Å²) in [5, 5.41) is 0. The van der Waals surface area contributed by atoms with Crippen molar-refractivity contribution >= 4 is 5.91 Å². The normalized spacial score (nSPS) is 23.8. The number of aromatic nitrogens is 3. The van der Waals surface area contributed by atoms with Crippen molar-refractivity contribution in [2.24, 2.45) is 11.8 Å². The zero-order valence-corrected chi connectivity index (χ0v) is 12.8. The Morgan fingerprint density at radius 2 is 2.14 bits per heavy atom. The quantitative estimate of drug-likeness (QED) is 0.851. The topological polar surface area (TPSA) is 51.0 Å². The number of hydrogen-bond donors (Lipinski definition) is 0. The third-order valence-corrected chi connectivity index (χ3v) is 4.83. The molecule has 0 N–H and O–H groups in total. The summed E-state index contributed by atoms with van der Waals surface area (Å²) < 4.78 is 2.24. The van der Waals surface area contributed by atoms with Gasteiger partial charge < -0.3 is 9.47 Å². The van der Waals surface area contributed by atoms with E-state index in [-0.39, 0.29) is 5.92 Å². The molecule has 0 spiro atoms. The molecule has 1 amide bonds.